The van der Waals surface area contributed by atoms with Crippen molar-refractivity contribution < 1.29 is 9.53 Å². The molecule has 2 aromatic carbocycles. The van der Waals surface area contributed by atoms with E-state index in [2.05, 4.69) is 15.5 Å². The molecule has 1 aromatic heterocycles. The van der Waals surface area contributed by atoms with Gasteiger partial charge in [0.1, 0.15) is 5.75 Å². The van der Waals surface area contributed by atoms with Gasteiger partial charge >= 0.3 is 0 Å². The Bertz CT molecular complexity index is 949. The maximum Gasteiger partial charge on any atom is 0.252 e. The Morgan fingerprint density at radius 1 is 1.27 bits per heavy atom. The number of benzene rings is 2. The number of aromatic nitrogens is 2. The zero-order valence-electron chi connectivity index (χ0n) is 14.3. The molecule has 0 radical (unpaired) electrons. The third-order valence-electron chi connectivity index (χ3n) is 4.77. The lowest BCUT2D eigenvalue weighted by molar-refractivity contribution is 0.0930. The molecule has 3 aromatic rings. The van der Waals surface area contributed by atoms with Crippen LogP contribution in [0.25, 0.3) is 11.1 Å². The fourth-order valence-corrected chi connectivity index (χ4v) is 3.51. The molecule has 0 saturated heterocycles. The van der Waals surface area contributed by atoms with Crippen molar-refractivity contribution in [3.63, 3.8) is 0 Å². The molecule has 132 valence electrons. The summed E-state index contributed by atoms with van der Waals surface area (Å²) < 4.78 is 5.47. The van der Waals surface area contributed by atoms with E-state index < -0.39 is 0 Å². The molecule has 0 spiro atoms. The first-order valence-corrected chi connectivity index (χ1v) is 8.75. The number of carbonyl (C=O) groups excluding carboxylic acids is 1. The Kier molecular flexibility index (Phi) is 4.17. The summed E-state index contributed by atoms with van der Waals surface area (Å²) in [6.45, 7) is 0. The van der Waals surface area contributed by atoms with Crippen molar-refractivity contribution in [3.05, 3.63) is 71.0 Å². The van der Waals surface area contributed by atoms with E-state index in [0.29, 0.717) is 16.3 Å². The number of carbonyl (C=O) groups is 1. The Morgan fingerprint density at radius 3 is 2.73 bits per heavy atom. The van der Waals surface area contributed by atoms with Gasteiger partial charge in [0.15, 0.2) is 0 Å². The van der Waals surface area contributed by atoms with Gasteiger partial charge in [0.05, 0.1) is 18.8 Å². The summed E-state index contributed by atoms with van der Waals surface area (Å²) in [5.41, 5.74) is 2.93. The number of halogens is 1. The van der Waals surface area contributed by atoms with Crippen molar-refractivity contribution in [1.82, 2.24) is 15.5 Å². The first kappa shape index (κ1) is 16.7. The van der Waals surface area contributed by atoms with Crippen LogP contribution in [0.2, 0.25) is 5.02 Å². The summed E-state index contributed by atoms with van der Waals surface area (Å²) in [5.74, 6) is 0.487. The Hall–Kier alpha value is -2.79. The average molecular weight is 368 g/mol. The summed E-state index contributed by atoms with van der Waals surface area (Å²) >= 11 is 6.32. The van der Waals surface area contributed by atoms with Gasteiger partial charge < -0.3 is 10.1 Å². The average Bonchev–Trinajstić information content (AvgIpc) is 3.22. The lowest BCUT2D eigenvalue weighted by atomic mass is 10.0. The number of amides is 1. The molecule has 0 atom stereocenters. The van der Waals surface area contributed by atoms with Crippen molar-refractivity contribution in [1.29, 1.82) is 0 Å². The van der Waals surface area contributed by atoms with E-state index in [4.69, 9.17) is 16.3 Å². The van der Waals surface area contributed by atoms with E-state index in [1.165, 1.54) is 0 Å². The first-order chi connectivity index (χ1) is 12.6. The fraction of sp³-hybridized carbons (Fsp3) is 0.200. The number of nitrogens with one attached hydrogen (secondary N) is 2. The number of ether oxygens (including phenoxy) is 1. The predicted molar refractivity (Wildman–Crippen MR) is 100 cm³/mol. The molecular formula is C20H18ClN3O2. The van der Waals surface area contributed by atoms with Crippen LogP contribution in [0.5, 0.6) is 5.75 Å². The smallest absolute Gasteiger partial charge is 0.252 e. The number of methoxy groups -OCH3 is 1. The molecule has 2 N–H and O–H groups in total. The third kappa shape index (κ3) is 2.95. The van der Waals surface area contributed by atoms with E-state index in [1.54, 1.807) is 31.6 Å². The second kappa shape index (κ2) is 6.50. The number of hydrogen-bond acceptors (Lipinski definition) is 3. The van der Waals surface area contributed by atoms with Crippen LogP contribution in [0.4, 0.5) is 0 Å². The molecule has 1 aliphatic carbocycles. The van der Waals surface area contributed by atoms with E-state index in [1.807, 2.05) is 30.3 Å². The number of nitrogens with zero attached hydrogens (tertiary/aromatic N) is 1. The van der Waals surface area contributed by atoms with Gasteiger partial charge in [-0.3, -0.25) is 9.89 Å². The number of hydrogen-bond donors (Lipinski definition) is 2. The van der Waals surface area contributed by atoms with E-state index in [9.17, 15) is 4.79 Å². The minimum absolute atomic E-state index is 0.139. The highest BCUT2D eigenvalue weighted by Crippen LogP contribution is 2.48. The van der Waals surface area contributed by atoms with Gasteiger partial charge in [-0.1, -0.05) is 29.8 Å². The van der Waals surface area contributed by atoms with Crippen LogP contribution >= 0.6 is 11.6 Å². The van der Waals surface area contributed by atoms with E-state index in [0.717, 1.165) is 29.5 Å². The normalized spacial score (nSPS) is 14.7. The summed E-state index contributed by atoms with van der Waals surface area (Å²) in [4.78, 5) is 12.8. The highest BCUT2D eigenvalue weighted by Gasteiger charge is 2.46. The minimum Gasteiger partial charge on any atom is -0.496 e. The van der Waals surface area contributed by atoms with Crippen molar-refractivity contribution in [2.24, 2.45) is 0 Å². The zero-order chi connectivity index (χ0) is 18.1. The predicted octanol–water partition coefficient (Wildman–Crippen LogP) is 4.16. The van der Waals surface area contributed by atoms with Crippen LogP contribution in [0.3, 0.4) is 0 Å². The molecular weight excluding hydrogens is 350 g/mol. The largest absolute Gasteiger partial charge is 0.496 e. The number of rotatable bonds is 5. The number of aromatic amines is 1. The minimum atomic E-state index is -0.369. The lowest BCUT2D eigenvalue weighted by Crippen LogP contribution is -2.35. The van der Waals surface area contributed by atoms with Crippen molar-refractivity contribution in [2.75, 3.05) is 7.11 Å². The molecule has 0 unspecified atom stereocenters. The Labute approximate surface area is 156 Å². The molecule has 1 amide bonds. The SMILES string of the molecule is COc1cc(C(=O)NC2(c3ccccc3Cl)CC2)ccc1-c1cn[nH]c1. The maximum atomic E-state index is 12.8. The van der Waals surface area contributed by atoms with Crippen LogP contribution in [0, 0.1) is 0 Å². The summed E-state index contributed by atoms with van der Waals surface area (Å²) in [5, 5.41) is 10.6. The quantitative estimate of drug-likeness (QED) is 0.711. The molecule has 1 saturated carbocycles. The third-order valence-corrected chi connectivity index (χ3v) is 5.09. The lowest BCUT2D eigenvalue weighted by Gasteiger charge is -2.20. The highest BCUT2D eigenvalue weighted by atomic mass is 35.5. The van der Waals surface area contributed by atoms with Gasteiger partial charge in [-0.25, -0.2) is 0 Å². The highest BCUT2D eigenvalue weighted by molar-refractivity contribution is 6.31. The van der Waals surface area contributed by atoms with Gasteiger partial charge in [-0.15, -0.1) is 0 Å². The van der Waals surface area contributed by atoms with Crippen molar-refractivity contribution in [2.45, 2.75) is 18.4 Å². The van der Waals surface area contributed by atoms with Gasteiger partial charge in [0, 0.05) is 27.9 Å². The summed E-state index contributed by atoms with van der Waals surface area (Å²) in [6.07, 6.45) is 5.27. The summed E-state index contributed by atoms with van der Waals surface area (Å²) in [7, 11) is 1.59. The van der Waals surface area contributed by atoms with Crippen molar-refractivity contribution in [3.8, 4) is 16.9 Å². The molecule has 1 heterocycles. The maximum absolute atomic E-state index is 12.8. The second-order valence-corrected chi connectivity index (χ2v) is 6.83. The zero-order valence-corrected chi connectivity index (χ0v) is 15.0. The van der Waals surface area contributed by atoms with Crippen LogP contribution in [0.15, 0.2) is 54.9 Å². The van der Waals surface area contributed by atoms with Gasteiger partial charge in [-0.2, -0.15) is 5.10 Å². The molecule has 1 fully saturated rings. The monoisotopic (exact) mass is 367 g/mol. The van der Waals surface area contributed by atoms with E-state index >= 15 is 0 Å². The standard InChI is InChI=1S/C20H18ClN3O2/c1-26-18-10-13(6-7-15(18)14-11-22-23-12-14)19(25)24-20(8-9-20)16-4-2-3-5-17(16)21/h2-7,10-12H,8-9H2,1H3,(H,22,23)(H,24,25). The van der Waals surface area contributed by atoms with Crippen LogP contribution in [0.1, 0.15) is 28.8 Å². The molecule has 6 heteroatoms. The molecule has 1 aliphatic rings. The van der Waals surface area contributed by atoms with Crippen molar-refractivity contribution >= 4 is 17.5 Å². The van der Waals surface area contributed by atoms with Gasteiger partial charge in [0.2, 0.25) is 0 Å². The molecule has 26 heavy (non-hydrogen) atoms. The number of H-pyrrole nitrogens is 1. The molecule has 0 bridgehead atoms. The molecule has 4 rings (SSSR count). The molecule has 5 nitrogen and oxygen atoms in total. The van der Waals surface area contributed by atoms with Crippen LogP contribution in [-0.2, 0) is 5.54 Å². The first-order valence-electron chi connectivity index (χ1n) is 8.38. The Balaban J connectivity index is 1.60. The van der Waals surface area contributed by atoms with Crippen LogP contribution in [-0.4, -0.2) is 23.2 Å². The topological polar surface area (TPSA) is 67.0 Å². The fourth-order valence-electron chi connectivity index (χ4n) is 3.19. The Morgan fingerprint density at radius 2 is 2.08 bits per heavy atom. The molecule has 0 aliphatic heterocycles. The second-order valence-electron chi connectivity index (χ2n) is 6.42. The van der Waals surface area contributed by atoms with Gasteiger partial charge in [-0.05, 0) is 42.7 Å². The van der Waals surface area contributed by atoms with E-state index in [-0.39, 0.29) is 11.4 Å². The van der Waals surface area contributed by atoms with Gasteiger partial charge in [0.25, 0.3) is 5.91 Å². The van der Waals surface area contributed by atoms with Crippen LogP contribution < -0.4 is 10.1 Å². The summed E-state index contributed by atoms with van der Waals surface area (Å²) in [6, 6.07) is 13.1.